The summed E-state index contributed by atoms with van der Waals surface area (Å²) in [7, 11) is 8.09. The van der Waals surface area contributed by atoms with Crippen molar-refractivity contribution in [2.45, 2.75) is 32.1 Å². The highest BCUT2D eigenvalue weighted by molar-refractivity contribution is 6.04. The molecule has 0 fully saturated rings. The first-order chi connectivity index (χ1) is 26.6. The zero-order valence-electron chi connectivity index (χ0n) is 31.0. The number of aromatic carboxylic acids is 1. The van der Waals surface area contributed by atoms with Gasteiger partial charge in [0.25, 0.3) is 11.8 Å². The lowest BCUT2D eigenvalue weighted by molar-refractivity contribution is -0.121. The van der Waals surface area contributed by atoms with Gasteiger partial charge in [0.15, 0.2) is 17.5 Å². The van der Waals surface area contributed by atoms with Gasteiger partial charge in [0.2, 0.25) is 35.3 Å². The standard InChI is InChI=1S/C34H40N14O8/c1-44-12-11-35-29(44)32(53)36-19-13-24(46(3)15-19)43-28(52)10-9-27(51)39-21-17-47(4)30(40-21)33(54)37-20-14-23(45(2)16-20)42-26(50)8-6-7-25(49)38-22-18-48(5)31(41-22)34(55)56/h11-18H,6-10H2,1-5H3,(H,36,53)(H,37,54)(H,38,49)(H,39,51)(H,42,50)(H,43,52)(H,55,56). The number of aromatic nitrogens is 8. The molecule has 0 bridgehead atoms. The van der Waals surface area contributed by atoms with Crippen LogP contribution in [0.5, 0.6) is 0 Å². The quantitative estimate of drug-likeness (QED) is 0.0760. The fraction of sp³-hybridized carbons (Fsp3) is 0.294. The van der Waals surface area contributed by atoms with Crippen LogP contribution in [-0.2, 0) is 54.4 Å². The van der Waals surface area contributed by atoms with E-state index in [0.717, 1.165) is 0 Å². The van der Waals surface area contributed by atoms with Gasteiger partial charge < -0.3 is 59.8 Å². The van der Waals surface area contributed by atoms with Gasteiger partial charge in [-0.3, -0.25) is 28.8 Å². The van der Waals surface area contributed by atoms with E-state index in [-0.39, 0.29) is 67.1 Å². The molecule has 0 aromatic carbocycles. The van der Waals surface area contributed by atoms with Crippen LogP contribution < -0.4 is 31.9 Å². The van der Waals surface area contributed by atoms with Gasteiger partial charge >= 0.3 is 5.97 Å². The second kappa shape index (κ2) is 17.1. The van der Waals surface area contributed by atoms with Crippen molar-refractivity contribution in [2.75, 3.05) is 31.9 Å². The highest BCUT2D eigenvalue weighted by Gasteiger charge is 2.19. The number of imidazole rings is 3. The Morgan fingerprint density at radius 1 is 0.536 bits per heavy atom. The Kier molecular flexibility index (Phi) is 12.1. The van der Waals surface area contributed by atoms with E-state index in [1.807, 2.05) is 0 Å². The molecule has 0 saturated heterocycles. The normalized spacial score (nSPS) is 10.8. The second-order valence-corrected chi connectivity index (χ2v) is 12.7. The summed E-state index contributed by atoms with van der Waals surface area (Å²) in [6, 6.07) is 3.11. The molecule has 7 N–H and O–H groups in total. The minimum Gasteiger partial charge on any atom is -0.475 e. The number of aryl methyl sites for hydroxylation is 5. The van der Waals surface area contributed by atoms with E-state index >= 15 is 0 Å². The summed E-state index contributed by atoms with van der Waals surface area (Å²) in [6.45, 7) is 0. The van der Waals surface area contributed by atoms with Crippen LogP contribution in [0.15, 0.2) is 49.3 Å². The lowest BCUT2D eigenvalue weighted by Crippen LogP contribution is -2.18. The molecule has 0 unspecified atom stereocenters. The van der Waals surface area contributed by atoms with Crippen molar-refractivity contribution in [2.24, 2.45) is 35.2 Å². The van der Waals surface area contributed by atoms with Crippen LogP contribution in [0.1, 0.15) is 64.0 Å². The first-order valence-electron chi connectivity index (χ1n) is 17.0. The average Bonchev–Trinajstić information content (AvgIpc) is 3.94. The van der Waals surface area contributed by atoms with Crippen LogP contribution in [-0.4, -0.2) is 84.3 Å². The van der Waals surface area contributed by atoms with Gasteiger partial charge in [0.1, 0.15) is 11.6 Å². The topological polar surface area (TPSA) is 275 Å². The molecule has 5 aromatic heterocycles. The van der Waals surface area contributed by atoms with E-state index in [1.54, 1.807) is 66.5 Å². The molecule has 294 valence electrons. The summed E-state index contributed by atoms with van der Waals surface area (Å²) in [5.74, 6) is -3.05. The summed E-state index contributed by atoms with van der Waals surface area (Å²) < 4.78 is 7.45. The molecule has 0 spiro atoms. The van der Waals surface area contributed by atoms with Crippen LogP contribution in [0.4, 0.5) is 34.6 Å². The predicted molar refractivity (Wildman–Crippen MR) is 201 cm³/mol. The SMILES string of the molecule is Cn1cc(NC(=O)c2nc(NC(=O)CCC(=O)Nc3cc(NC(=O)c4nccn4C)cn3C)cn2C)cc1NC(=O)CCCC(=O)Nc1cn(C)c(C(=O)O)n1. The molecule has 5 aromatic rings. The lowest BCUT2D eigenvalue weighted by atomic mass is 10.2. The van der Waals surface area contributed by atoms with Gasteiger partial charge in [-0.05, 0) is 6.42 Å². The van der Waals surface area contributed by atoms with E-state index in [2.05, 4.69) is 46.9 Å². The van der Waals surface area contributed by atoms with Gasteiger partial charge in [-0.15, -0.1) is 0 Å². The minimum atomic E-state index is -1.23. The Hall–Kier alpha value is -7.52. The van der Waals surface area contributed by atoms with Crippen LogP contribution in [0.25, 0.3) is 0 Å². The molecule has 6 amide bonds. The van der Waals surface area contributed by atoms with E-state index < -0.39 is 35.5 Å². The van der Waals surface area contributed by atoms with Gasteiger partial charge in [-0.1, -0.05) is 0 Å². The number of nitrogens with zero attached hydrogens (tertiary/aromatic N) is 8. The van der Waals surface area contributed by atoms with Crippen LogP contribution in [0.2, 0.25) is 0 Å². The summed E-state index contributed by atoms with van der Waals surface area (Å²) in [5.41, 5.74) is 0.794. The van der Waals surface area contributed by atoms with Crippen molar-refractivity contribution in [1.29, 1.82) is 0 Å². The average molecular weight is 773 g/mol. The Labute approximate surface area is 318 Å². The maximum atomic E-state index is 13.1. The van der Waals surface area contributed by atoms with Gasteiger partial charge in [-0.25, -0.2) is 19.7 Å². The number of hydrogen-bond acceptors (Lipinski definition) is 10. The number of carboxylic acid groups (broad SMARTS) is 1. The lowest BCUT2D eigenvalue weighted by Gasteiger charge is -2.06. The predicted octanol–water partition coefficient (Wildman–Crippen LogP) is 1.87. The zero-order valence-corrected chi connectivity index (χ0v) is 31.0. The van der Waals surface area contributed by atoms with Crippen LogP contribution in [0.3, 0.4) is 0 Å². The fourth-order valence-electron chi connectivity index (χ4n) is 5.39. The molecule has 5 heterocycles. The first-order valence-corrected chi connectivity index (χ1v) is 17.0. The number of amides is 6. The van der Waals surface area contributed by atoms with Gasteiger partial charge in [0, 0.05) is 110 Å². The fourth-order valence-corrected chi connectivity index (χ4v) is 5.39. The maximum Gasteiger partial charge on any atom is 0.372 e. The number of hydrogen-bond donors (Lipinski definition) is 7. The summed E-state index contributed by atoms with van der Waals surface area (Å²) >= 11 is 0. The number of rotatable bonds is 16. The molecular weight excluding hydrogens is 732 g/mol. The summed E-state index contributed by atoms with van der Waals surface area (Å²) in [6.07, 6.45) is 9.04. The molecule has 0 atom stereocenters. The molecule has 22 heteroatoms. The zero-order chi connectivity index (χ0) is 40.7. The van der Waals surface area contributed by atoms with Crippen molar-refractivity contribution >= 4 is 76.1 Å². The number of carbonyl (C=O) groups is 7. The van der Waals surface area contributed by atoms with Crippen molar-refractivity contribution in [1.82, 2.24) is 37.8 Å². The monoisotopic (exact) mass is 772 g/mol. The number of carbonyl (C=O) groups excluding carboxylic acids is 6. The molecule has 22 nitrogen and oxygen atoms in total. The van der Waals surface area contributed by atoms with Crippen molar-refractivity contribution in [3.63, 3.8) is 0 Å². The number of carboxylic acids is 1. The Morgan fingerprint density at radius 2 is 0.982 bits per heavy atom. The van der Waals surface area contributed by atoms with Crippen molar-refractivity contribution in [3.05, 3.63) is 66.8 Å². The third-order valence-electron chi connectivity index (χ3n) is 8.15. The summed E-state index contributed by atoms with van der Waals surface area (Å²) in [5, 5.41) is 25.0. The highest BCUT2D eigenvalue weighted by Crippen LogP contribution is 2.21. The third-order valence-corrected chi connectivity index (χ3v) is 8.15. The van der Waals surface area contributed by atoms with E-state index in [1.165, 1.54) is 40.8 Å². The van der Waals surface area contributed by atoms with E-state index in [4.69, 9.17) is 5.11 Å². The largest absolute Gasteiger partial charge is 0.475 e. The van der Waals surface area contributed by atoms with E-state index in [0.29, 0.717) is 23.0 Å². The molecule has 56 heavy (non-hydrogen) atoms. The molecule has 5 rings (SSSR count). The smallest absolute Gasteiger partial charge is 0.372 e. The number of anilines is 6. The highest BCUT2D eigenvalue weighted by atomic mass is 16.4. The first kappa shape index (κ1) is 39.7. The van der Waals surface area contributed by atoms with Crippen LogP contribution in [0, 0.1) is 0 Å². The van der Waals surface area contributed by atoms with Crippen molar-refractivity contribution in [3.8, 4) is 0 Å². The Morgan fingerprint density at radius 3 is 1.46 bits per heavy atom. The molecule has 0 aliphatic heterocycles. The second-order valence-electron chi connectivity index (χ2n) is 12.7. The third kappa shape index (κ3) is 10.1. The van der Waals surface area contributed by atoms with Gasteiger partial charge in [-0.2, -0.15) is 0 Å². The molecule has 0 aliphatic rings. The Bertz CT molecular complexity index is 2320. The van der Waals surface area contributed by atoms with Gasteiger partial charge in [0.05, 0.1) is 11.4 Å². The summed E-state index contributed by atoms with van der Waals surface area (Å²) in [4.78, 5) is 98.7. The van der Waals surface area contributed by atoms with Crippen molar-refractivity contribution < 1.29 is 38.7 Å². The number of nitrogens with one attached hydrogen (secondary N) is 6. The molecule has 0 radical (unpaired) electrons. The molecule has 0 saturated carbocycles. The molecule has 0 aliphatic carbocycles. The Balaban J connectivity index is 1.04. The van der Waals surface area contributed by atoms with Crippen LogP contribution >= 0.6 is 0 Å². The molecular formula is C34H40N14O8. The van der Waals surface area contributed by atoms with E-state index in [9.17, 15) is 33.6 Å². The minimum absolute atomic E-state index is 0.00520. The maximum absolute atomic E-state index is 13.1.